The minimum atomic E-state index is -3.20. The molecule has 22 heavy (non-hydrogen) atoms. The van der Waals surface area contributed by atoms with Gasteiger partial charge >= 0.3 is 0 Å². The molecule has 0 aromatic heterocycles. The van der Waals surface area contributed by atoms with Crippen LogP contribution in [0.3, 0.4) is 0 Å². The van der Waals surface area contributed by atoms with E-state index in [-0.39, 0.29) is 12.1 Å². The molecular formula is C15H21ClN2O3S. The second kappa shape index (κ2) is 6.45. The Morgan fingerprint density at radius 2 is 2.09 bits per heavy atom. The van der Waals surface area contributed by atoms with Gasteiger partial charge in [-0.05, 0) is 18.1 Å². The molecule has 2 fully saturated rings. The van der Waals surface area contributed by atoms with Crippen molar-refractivity contribution < 1.29 is 13.2 Å². The highest BCUT2D eigenvalue weighted by Gasteiger charge is 2.40. The van der Waals surface area contributed by atoms with E-state index in [1.54, 1.807) is 4.31 Å². The zero-order valence-electron chi connectivity index (χ0n) is 12.6. The monoisotopic (exact) mass is 344 g/mol. The van der Waals surface area contributed by atoms with Crippen molar-refractivity contribution in [3.8, 4) is 0 Å². The number of halogens is 1. The normalized spacial score (nSPS) is 27.5. The van der Waals surface area contributed by atoms with Gasteiger partial charge in [0.25, 0.3) is 0 Å². The van der Waals surface area contributed by atoms with E-state index in [4.69, 9.17) is 16.3 Å². The second-order valence-corrected chi connectivity index (χ2v) is 8.31. The first-order valence-electron chi connectivity index (χ1n) is 7.49. The van der Waals surface area contributed by atoms with Crippen LogP contribution in [0.4, 0.5) is 0 Å². The Labute approximate surface area is 136 Å². The number of sulfonamides is 1. The Morgan fingerprint density at radius 1 is 1.32 bits per heavy atom. The van der Waals surface area contributed by atoms with Crippen LogP contribution in [0.1, 0.15) is 12.0 Å². The zero-order valence-corrected chi connectivity index (χ0v) is 14.2. The quantitative estimate of drug-likeness (QED) is 0.835. The fraction of sp³-hybridized carbons (Fsp3) is 0.600. The van der Waals surface area contributed by atoms with E-state index < -0.39 is 10.0 Å². The third kappa shape index (κ3) is 3.46. The summed E-state index contributed by atoms with van der Waals surface area (Å²) >= 11 is 6.22. The van der Waals surface area contributed by atoms with Gasteiger partial charge in [-0.25, -0.2) is 8.42 Å². The van der Waals surface area contributed by atoms with Gasteiger partial charge in [0, 0.05) is 31.2 Å². The topological polar surface area (TPSA) is 49.9 Å². The summed E-state index contributed by atoms with van der Waals surface area (Å²) in [4.78, 5) is 2.26. The molecule has 0 saturated carbocycles. The summed E-state index contributed by atoms with van der Waals surface area (Å²) in [5, 5.41) is 0.754. The Bertz CT molecular complexity index is 637. The molecule has 2 atom stereocenters. The zero-order chi connectivity index (χ0) is 15.7. The fourth-order valence-electron chi connectivity index (χ4n) is 3.33. The van der Waals surface area contributed by atoms with Gasteiger partial charge in [0.2, 0.25) is 10.0 Å². The molecule has 1 aromatic rings. The highest BCUT2D eigenvalue weighted by atomic mass is 35.5. The summed E-state index contributed by atoms with van der Waals surface area (Å²) in [5.74, 6) is 0. The van der Waals surface area contributed by atoms with Crippen LogP contribution in [0.5, 0.6) is 0 Å². The lowest BCUT2D eigenvalue weighted by atomic mass is 10.00. The minimum absolute atomic E-state index is 0.00553. The number of ether oxygens (including phenoxy) is 1. The van der Waals surface area contributed by atoms with Crippen molar-refractivity contribution >= 4 is 21.6 Å². The number of morpholine rings is 1. The Hall–Kier alpha value is -0.660. The van der Waals surface area contributed by atoms with Gasteiger partial charge in [0.15, 0.2) is 0 Å². The molecule has 2 saturated heterocycles. The van der Waals surface area contributed by atoms with Crippen molar-refractivity contribution in [1.29, 1.82) is 0 Å². The predicted molar refractivity (Wildman–Crippen MR) is 86.4 cm³/mol. The van der Waals surface area contributed by atoms with Gasteiger partial charge in [-0.2, -0.15) is 4.31 Å². The van der Waals surface area contributed by atoms with Crippen LogP contribution >= 0.6 is 11.6 Å². The fourth-order valence-corrected chi connectivity index (χ4v) is 4.63. The van der Waals surface area contributed by atoms with E-state index in [0.717, 1.165) is 30.1 Å². The molecule has 0 aliphatic carbocycles. The number of benzene rings is 1. The Kier molecular flexibility index (Phi) is 4.75. The van der Waals surface area contributed by atoms with E-state index >= 15 is 0 Å². The lowest BCUT2D eigenvalue weighted by Crippen LogP contribution is -2.60. The smallest absolute Gasteiger partial charge is 0.211 e. The minimum Gasteiger partial charge on any atom is -0.375 e. The van der Waals surface area contributed by atoms with Crippen LogP contribution in [0, 0.1) is 0 Å². The summed E-state index contributed by atoms with van der Waals surface area (Å²) in [5.41, 5.74) is 1.07. The van der Waals surface area contributed by atoms with E-state index in [0.29, 0.717) is 19.7 Å². The molecule has 0 spiro atoms. The van der Waals surface area contributed by atoms with Gasteiger partial charge in [-0.3, -0.25) is 4.90 Å². The first-order chi connectivity index (χ1) is 10.4. The van der Waals surface area contributed by atoms with Crippen LogP contribution in [-0.2, 0) is 21.3 Å². The number of piperidine rings is 1. The summed E-state index contributed by atoms with van der Waals surface area (Å²) < 4.78 is 31.3. The summed E-state index contributed by atoms with van der Waals surface area (Å²) in [6.07, 6.45) is 2.13. The van der Waals surface area contributed by atoms with Crippen LogP contribution in [0.2, 0.25) is 5.02 Å². The van der Waals surface area contributed by atoms with Crippen molar-refractivity contribution in [2.45, 2.75) is 25.1 Å². The number of hydrogen-bond donors (Lipinski definition) is 0. The van der Waals surface area contributed by atoms with E-state index in [1.807, 2.05) is 24.3 Å². The molecule has 2 aliphatic heterocycles. The SMILES string of the molecule is CS(=O)(=O)N1CCO[C@@H]2CCN(Cc3ccccc3Cl)C[C@H]21. The molecule has 2 heterocycles. The predicted octanol–water partition coefficient (Wildman–Crippen LogP) is 1.57. The summed E-state index contributed by atoms with van der Waals surface area (Å²) in [7, 11) is -3.20. The van der Waals surface area contributed by atoms with Crippen molar-refractivity contribution in [2.24, 2.45) is 0 Å². The molecule has 0 unspecified atom stereocenters. The Morgan fingerprint density at radius 3 is 2.82 bits per heavy atom. The largest absolute Gasteiger partial charge is 0.375 e. The summed E-state index contributed by atoms with van der Waals surface area (Å²) in [6.45, 7) is 3.24. The highest BCUT2D eigenvalue weighted by Crippen LogP contribution is 2.27. The molecule has 0 radical (unpaired) electrons. The van der Waals surface area contributed by atoms with Crippen molar-refractivity contribution in [3.63, 3.8) is 0 Å². The molecule has 7 heteroatoms. The third-order valence-corrected chi connectivity index (χ3v) is 6.07. The van der Waals surface area contributed by atoms with Crippen molar-refractivity contribution in [3.05, 3.63) is 34.9 Å². The van der Waals surface area contributed by atoms with Crippen molar-refractivity contribution in [2.75, 3.05) is 32.5 Å². The molecule has 3 rings (SSSR count). The molecule has 0 N–H and O–H groups in total. The standard InChI is InChI=1S/C15H21ClN2O3S/c1-22(19,20)18-8-9-21-15-6-7-17(11-14(15)18)10-12-4-2-3-5-13(12)16/h2-5,14-15H,6-11H2,1H3/t14-,15-/m1/s1. The first-order valence-corrected chi connectivity index (χ1v) is 9.72. The first kappa shape index (κ1) is 16.2. The molecule has 0 amide bonds. The molecule has 1 aromatic carbocycles. The number of rotatable bonds is 3. The molecule has 0 bridgehead atoms. The number of fused-ring (bicyclic) bond motifs is 1. The maximum absolute atomic E-state index is 12.0. The van der Waals surface area contributed by atoms with Gasteiger partial charge < -0.3 is 4.74 Å². The number of likely N-dealkylation sites (tertiary alicyclic amines) is 1. The number of hydrogen-bond acceptors (Lipinski definition) is 4. The van der Waals surface area contributed by atoms with Crippen LogP contribution in [0.25, 0.3) is 0 Å². The van der Waals surface area contributed by atoms with Crippen molar-refractivity contribution in [1.82, 2.24) is 9.21 Å². The average molecular weight is 345 g/mol. The maximum Gasteiger partial charge on any atom is 0.211 e. The van der Waals surface area contributed by atoms with E-state index in [9.17, 15) is 8.42 Å². The molecular weight excluding hydrogens is 324 g/mol. The average Bonchev–Trinajstić information content (AvgIpc) is 2.48. The number of nitrogens with zero attached hydrogens (tertiary/aromatic N) is 2. The maximum atomic E-state index is 12.0. The lowest BCUT2D eigenvalue weighted by Gasteiger charge is -2.45. The Balaban J connectivity index is 1.74. The van der Waals surface area contributed by atoms with Crippen LogP contribution < -0.4 is 0 Å². The highest BCUT2D eigenvalue weighted by molar-refractivity contribution is 7.88. The van der Waals surface area contributed by atoms with Gasteiger partial charge in [0.05, 0.1) is 25.0 Å². The molecule has 2 aliphatic rings. The van der Waals surface area contributed by atoms with Gasteiger partial charge in [-0.15, -0.1) is 0 Å². The molecule has 122 valence electrons. The summed E-state index contributed by atoms with van der Waals surface area (Å²) in [6, 6.07) is 7.69. The van der Waals surface area contributed by atoms with E-state index in [1.165, 1.54) is 6.26 Å². The van der Waals surface area contributed by atoms with E-state index in [2.05, 4.69) is 4.90 Å². The van der Waals surface area contributed by atoms with Gasteiger partial charge in [0.1, 0.15) is 0 Å². The van der Waals surface area contributed by atoms with Gasteiger partial charge in [-0.1, -0.05) is 29.8 Å². The molecule has 5 nitrogen and oxygen atoms in total. The van der Waals surface area contributed by atoms with Crippen LogP contribution in [-0.4, -0.2) is 62.3 Å². The lowest BCUT2D eigenvalue weighted by molar-refractivity contribution is -0.0768. The van der Waals surface area contributed by atoms with Crippen LogP contribution in [0.15, 0.2) is 24.3 Å². The second-order valence-electron chi connectivity index (χ2n) is 5.97. The third-order valence-electron chi connectivity index (χ3n) is 4.40.